The minimum atomic E-state index is -0.907. The highest BCUT2D eigenvalue weighted by molar-refractivity contribution is 5.95. The van der Waals surface area contributed by atoms with E-state index in [1.807, 2.05) is 27.1 Å². The van der Waals surface area contributed by atoms with E-state index in [1.165, 1.54) is 0 Å². The lowest BCUT2D eigenvalue weighted by molar-refractivity contribution is 0.0696. The van der Waals surface area contributed by atoms with Gasteiger partial charge in [0.25, 0.3) is 0 Å². The van der Waals surface area contributed by atoms with Crippen LogP contribution in [0.4, 0.5) is 5.69 Å². The molecule has 0 unspecified atom stereocenters. The highest BCUT2D eigenvalue weighted by Gasteiger charge is 2.19. The second kappa shape index (κ2) is 7.24. The predicted molar refractivity (Wildman–Crippen MR) is 81.7 cm³/mol. The van der Waals surface area contributed by atoms with Crippen LogP contribution in [0.15, 0.2) is 6.07 Å². The van der Waals surface area contributed by atoms with Crippen LogP contribution < -0.4 is 4.90 Å². The Bertz CT molecular complexity index is 472. The molecule has 1 aromatic heterocycles. The standard InChI is InChI=1S/C15H25N3O2/c1-6-7-18(9-8-17(4)5)13-10-11(2)16-12(3)14(13)15(19)20/h10H,6-9H2,1-5H3,(H,19,20). The fraction of sp³-hybridized carbons (Fsp3) is 0.600. The van der Waals surface area contributed by atoms with E-state index in [1.54, 1.807) is 6.92 Å². The van der Waals surface area contributed by atoms with E-state index in [9.17, 15) is 9.90 Å². The van der Waals surface area contributed by atoms with Crippen molar-refractivity contribution in [3.05, 3.63) is 23.0 Å². The molecule has 0 aliphatic rings. The third-order valence-corrected chi connectivity index (χ3v) is 3.17. The van der Waals surface area contributed by atoms with Gasteiger partial charge < -0.3 is 14.9 Å². The maximum atomic E-state index is 11.5. The zero-order valence-corrected chi connectivity index (χ0v) is 13.1. The van der Waals surface area contributed by atoms with Gasteiger partial charge in [0.15, 0.2) is 0 Å². The van der Waals surface area contributed by atoms with Gasteiger partial charge in [-0.2, -0.15) is 0 Å². The molecule has 0 aliphatic heterocycles. The summed E-state index contributed by atoms with van der Waals surface area (Å²) in [5.41, 5.74) is 2.54. The van der Waals surface area contributed by atoms with Crippen LogP contribution in [0.1, 0.15) is 35.1 Å². The summed E-state index contributed by atoms with van der Waals surface area (Å²) >= 11 is 0. The van der Waals surface area contributed by atoms with E-state index < -0.39 is 5.97 Å². The molecule has 1 N–H and O–H groups in total. The maximum Gasteiger partial charge on any atom is 0.339 e. The summed E-state index contributed by atoms with van der Waals surface area (Å²) in [7, 11) is 4.04. The summed E-state index contributed by atoms with van der Waals surface area (Å²) in [6.45, 7) is 8.30. The predicted octanol–water partition coefficient (Wildman–Crippen LogP) is 2.17. The first-order chi connectivity index (χ1) is 9.36. The van der Waals surface area contributed by atoms with Crippen molar-refractivity contribution in [3.63, 3.8) is 0 Å². The molecule has 5 nitrogen and oxygen atoms in total. The van der Waals surface area contributed by atoms with Crippen LogP contribution >= 0.6 is 0 Å². The maximum absolute atomic E-state index is 11.5. The molecule has 0 saturated carbocycles. The summed E-state index contributed by atoms with van der Waals surface area (Å²) in [4.78, 5) is 20.0. The number of aromatic carboxylic acids is 1. The molecule has 1 aromatic rings. The first kappa shape index (κ1) is 16.4. The third kappa shape index (κ3) is 4.20. The van der Waals surface area contributed by atoms with Crippen LogP contribution in [0.2, 0.25) is 0 Å². The summed E-state index contributed by atoms with van der Waals surface area (Å²) in [5.74, 6) is -0.907. The van der Waals surface area contributed by atoms with Gasteiger partial charge in [0, 0.05) is 25.3 Å². The fourth-order valence-electron chi connectivity index (χ4n) is 2.27. The zero-order valence-electron chi connectivity index (χ0n) is 13.1. The molecular weight excluding hydrogens is 254 g/mol. The zero-order chi connectivity index (χ0) is 15.3. The largest absolute Gasteiger partial charge is 0.478 e. The normalized spacial score (nSPS) is 10.9. The van der Waals surface area contributed by atoms with Crippen LogP contribution in [-0.2, 0) is 0 Å². The van der Waals surface area contributed by atoms with Gasteiger partial charge in [0.1, 0.15) is 5.56 Å². The topological polar surface area (TPSA) is 56.7 Å². The van der Waals surface area contributed by atoms with E-state index in [0.717, 1.165) is 37.4 Å². The van der Waals surface area contributed by atoms with Gasteiger partial charge in [-0.25, -0.2) is 4.79 Å². The van der Waals surface area contributed by atoms with Crippen molar-refractivity contribution in [2.75, 3.05) is 38.6 Å². The van der Waals surface area contributed by atoms with Gasteiger partial charge in [-0.3, -0.25) is 4.98 Å². The van der Waals surface area contributed by atoms with Crippen molar-refractivity contribution in [1.82, 2.24) is 9.88 Å². The van der Waals surface area contributed by atoms with Gasteiger partial charge in [-0.05, 0) is 40.4 Å². The van der Waals surface area contributed by atoms with Crippen LogP contribution in [0.3, 0.4) is 0 Å². The third-order valence-electron chi connectivity index (χ3n) is 3.17. The SMILES string of the molecule is CCCN(CCN(C)C)c1cc(C)nc(C)c1C(=O)O. The molecule has 112 valence electrons. The quantitative estimate of drug-likeness (QED) is 0.829. The second-order valence-electron chi connectivity index (χ2n) is 5.34. The first-order valence-corrected chi connectivity index (χ1v) is 6.98. The number of nitrogens with zero attached hydrogens (tertiary/aromatic N) is 3. The summed E-state index contributed by atoms with van der Waals surface area (Å²) in [6, 6.07) is 1.88. The Balaban J connectivity index is 3.20. The Morgan fingerprint density at radius 3 is 2.40 bits per heavy atom. The molecule has 0 bridgehead atoms. The van der Waals surface area contributed by atoms with Crippen LogP contribution in [-0.4, -0.2) is 54.7 Å². The average molecular weight is 279 g/mol. The Hall–Kier alpha value is -1.62. The lowest BCUT2D eigenvalue weighted by Crippen LogP contribution is -2.33. The van der Waals surface area contributed by atoms with Crippen molar-refractivity contribution in [2.24, 2.45) is 0 Å². The number of pyridine rings is 1. The summed E-state index contributed by atoms with van der Waals surface area (Å²) in [5, 5.41) is 9.45. The first-order valence-electron chi connectivity index (χ1n) is 6.98. The van der Waals surface area contributed by atoms with Crippen LogP contribution in [0.5, 0.6) is 0 Å². The summed E-state index contributed by atoms with van der Waals surface area (Å²) in [6.07, 6.45) is 0.979. The lowest BCUT2D eigenvalue weighted by Gasteiger charge is -2.28. The molecule has 0 aliphatic carbocycles. The molecule has 0 spiro atoms. The smallest absolute Gasteiger partial charge is 0.339 e. The molecule has 0 atom stereocenters. The van der Waals surface area contributed by atoms with Gasteiger partial charge in [-0.1, -0.05) is 6.92 Å². The number of hydrogen-bond acceptors (Lipinski definition) is 4. The van der Waals surface area contributed by atoms with Crippen LogP contribution in [0.25, 0.3) is 0 Å². The molecule has 5 heteroatoms. The number of likely N-dealkylation sites (N-methyl/N-ethyl adjacent to an activating group) is 1. The van der Waals surface area contributed by atoms with Gasteiger partial charge in [0.05, 0.1) is 11.4 Å². The molecule has 0 saturated heterocycles. The Labute approximate surface area is 121 Å². The number of aromatic nitrogens is 1. The molecule has 1 rings (SSSR count). The molecule has 0 fully saturated rings. The van der Waals surface area contributed by atoms with Crippen molar-refractivity contribution in [3.8, 4) is 0 Å². The van der Waals surface area contributed by atoms with E-state index in [4.69, 9.17) is 0 Å². The number of carboxylic acid groups (broad SMARTS) is 1. The average Bonchev–Trinajstić information content (AvgIpc) is 2.32. The fourth-order valence-corrected chi connectivity index (χ4v) is 2.27. The van der Waals surface area contributed by atoms with Crippen molar-refractivity contribution < 1.29 is 9.90 Å². The Morgan fingerprint density at radius 2 is 1.90 bits per heavy atom. The molecule has 20 heavy (non-hydrogen) atoms. The Morgan fingerprint density at radius 1 is 1.25 bits per heavy atom. The number of rotatable bonds is 7. The Kier molecular flexibility index (Phi) is 5.95. The van der Waals surface area contributed by atoms with E-state index in [-0.39, 0.29) is 0 Å². The van der Waals surface area contributed by atoms with E-state index in [0.29, 0.717) is 11.3 Å². The molecule has 0 amide bonds. The molecule has 1 heterocycles. The van der Waals surface area contributed by atoms with Crippen molar-refractivity contribution in [2.45, 2.75) is 27.2 Å². The number of carbonyl (C=O) groups is 1. The van der Waals surface area contributed by atoms with Gasteiger partial charge >= 0.3 is 5.97 Å². The van der Waals surface area contributed by atoms with Crippen molar-refractivity contribution in [1.29, 1.82) is 0 Å². The second-order valence-corrected chi connectivity index (χ2v) is 5.34. The molecule has 0 aromatic carbocycles. The molecule has 0 radical (unpaired) electrons. The highest BCUT2D eigenvalue weighted by atomic mass is 16.4. The van der Waals surface area contributed by atoms with Crippen molar-refractivity contribution >= 4 is 11.7 Å². The number of anilines is 1. The van der Waals surface area contributed by atoms with Crippen LogP contribution in [0, 0.1) is 13.8 Å². The van der Waals surface area contributed by atoms with E-state index in [2.05, 4.69) is 21.7 Å². The minimum absolute atomic E-state index is 0.322. The number of aryl methyl sites for hydroxylation is 2. The summed E-state index contributed by atoms with van der Waals surface area (Å²) < 4.78 is 0. The number of hydrogen-bond donors (Lipinski definition) is 1. The highest BCUT2D eigenvalue weighted by Crippen LogP contribution is 2.24. The number of carboxylic acids is 1. The minimum Gasteiger partial charge on any atom is -0.478 e. The molecular formula is C15H25N3O2. The van der Waals surface area contributed by atoms with Gasteiger partial charge in [-0.15, -0.1) is 0 Å². The lowest BCUT2D eigenvalue weighted by atomic mass is 10.1. The monoisotopic (exact) mass is 279 g/mol. The van der Waals surface area contributed by atoms with Gasteiger partial charge in [0.2, 0.25) is 0 Å². The van der Waals surface area contributed by atoms with E-state index >= 15 is 0 Å².